The zero-order chi connectivity index (χ0) is 22.1. The second-order valence-corrected chi connectivity index (χ2v) is 5.77. The molecule has 0 saturated carbocycles. The smallest absolute Gasteiger partial charge is 0.185 e. The van der Waals surface area contributed by atoms with Gasteiger partial charge in [0.05, 0.1) is 13.7 Å². The minimum atomic E-state index is 0.407. The number of carbonyl (C=O) groups is 1. The minimum absolute atomic E-state index is 0.407. The fourth-order valence-electron chi connectivity index (χ4n) is 2.02. The van der Waals surface area contributed by atoms with Crippen LogP contribution < -0.4 is 9.47 Å². The number of benzene rings is 2. The first kappa shape index (κ1) is 26.0. The molecular weight excluding hydrogens is 364 g/mol. The van der Waals surface area contributed by atoms with E-state index < -0.39 is 0 Å². The first-order valence-electron chi connectivity index (χ1n) is 9.80. The number of rotatable bonds is 4. The number of methoxy groups -OCH3 is 1. The Morgan fingerprint density at radius 2 is 1.48 bits per heavy atom. The topological polar surface area (TPSA) is 48.7 Å². The molecule has 0 bridgehead atoms. The van der Waals surface area contributed by atoms with Crippen molar-refractivity contribution >= 4 is 6.29 Å². The third-order valence-electron chi connectivity index (χ3n) is 3.61. The first-order chi connectivity index (χ1) is 14.0. The SMILES string of the molecule is CC.CCOc1ccc(C)cc1.COc1ccccc1.Cc1cc(C=O)oc1C. The van der Waals surface area contributed by atoms with Crippen LogP contribution in [0.25, 0.3) is 0 Å². The lowest BCUT2D eigenvalue weighted by Gasteiger charge is -2.01. The van der Waals surface area contributed by atoms with Gasteiger partial charge in [0.25, 0.3) is 0 Å². The Kier molecular flexibility index (Phi) is 14.3. The molecule has 0 aliphatic carbocycles. The average Bonchev–Trinajstić information content (AvgIpc) is 3.10. The van der Waals surface area contributed by atoms with Gasteiger partial charge in [-0.2, -0.15) is 0 Å². The molecule has 0 fully saturated rings. The van der Waals surface area contributed by atoms with Gasteiger partial charge < -0.3 is 13.9 Å². The third-order valence-corrected chi connectivity index (χ3v) is 3.61. The molecule has 0 N–H and O–H groups in total. The number of furan rings is 1. The number of hydrogen-bond donors (Lipinski definition) is 0. The van der Waals surface area contributed by atoms with E-state index in [2.05, 4.69) is 6.92 Å². The minimum Gasteiger partial charge on any atom is -0.497 e. The highest BCUT2D eigenvalue weighted by Crippen LogP contribution is 2.11. The van der Waals surface area contributed by atoms with Crippen LogP contribution in [0.4, 0.5) is 0 Å². The summed E-state index contributed by atoms with van der Waals surface area (Å²) in [5.74, 6) is 3.09. The number of para-hydroxylation sites is 1. The van der Waals surface area contributed by atoms with Crippen LogP contribution in [0.2, 0.25) is 0 Å². The van der Waals surface area contributed by atoms with Crippen molar-refractivity contribution in [1.29, 1.82) is 0 Å². The van der Waals surface area contributed by atoms with Gasteiger partial charge in [-0.3, -0.25) is 4.79 Å². The molecule has 3 rings (SSSR count). The van der Waals surface area contributed by atoms with Gasteiger partial charge in [-0.15, -0.1) is 0 Å². The molecule has 0 spiro atoms. The molecule has 2 aromatic carbocycles. The third kappa shape index (κ3) is 11.4. The molecule has 0 aliphatic rings. The van der Waals surface area contributed by atoms with Crippen LogP contribution in [0.5, 0.6) is 11.5 Å². The Hall–Kier alpha value is -3.01. The zero-order valence-electron chi connectivity index (χ0n) is 18.7. The second kappa shape index (κ2) is 16.0. The van der Waals surface area contributed by atoms with E-state index in [0.29, 0.717) is 12.0 Å². The van der Waals surface area contributed by atoms with Gasteiger partial charge in [-0.05, 0) is 63.6 Å². The summed E-state index contributed by atoms with van der Waals surface area (Å²) in [6.07, 6.45) is 0.708. The van der Waals surface area contributed by atoms with Crippen LogP contribution in [0, 0.1) is 20.8 Å². The molecule has 4 nitrogen and oxygen atoms in total. The number of ether oxygens (including phenoxy) is 2. The van der Waals surface area contributed by atoms with Crippen molar-refractivity contribution in [1.82, 2.24) is 0 Å². The Morgan fingerprint density at radius 1 is 0.897 bits per heavy atom. The lowest BCUT2D eigenvalue weighted by Crippen LogP contribution is -1.90. The summed E-state index contributed by atoms with van der Waals surface area (Å²) in [5, 5.41) is 0. The first-order valence-corrected chi connectivity index (χ1v) is 9.80. The average molecular weight is 399 g/mol. The lowest BCUT2D eigenvalue weighted by atomic mass is 10.2. The molecule has 29 heavy (non-hydrogen) atoms. The molecule has 158 valence electrons. The van der Waals surface area contributed by atoms with Gasteiger partial charge in [0.2, 0.25) is 0 Å². The molecule has 0 radical (unpaired) electrons. The Morgan fingerprint density at radius 3 is 1.83 bits per heavy atom. The van der Waals surface area contributed by atoms with Crippen LogP contribution >= 0.6 is 0 Å². The van der Waals surface area contributed by atoms with E-state index in [1.165, 1.54) is 5.56 Å². The van der Waals surface area contributed by atoms with E-state index >= 15 is 0 Å². The van der Waals surface area contributed by atoms with E-state index in [0.717, 1.165) is 29.4 Å². The highest BCUT2D eigenvalue weighted by molar-refractivity contribution is 5.70. The fraction of sp³-hybridized carbons (Fsp3) is 0.320. The van der Waals surface area contributed by atoms with Gasteiger partial charge in [-0.25, -0.2) is 0 Å². The molecule has 0 unspecified atom stereocenters. The summed E-state index contributed by atoms with van der Waals surface area (Å²) in [7, 11) is 1.66. The fourth-order valence-corrected chi connectivity index (χ4v) is 2.02. The van der Waals surface area contributed by atoms with Crippen molar-refractivity contribution in [2.24, 2.45) is 0 Å². The highest BCUT2D eigenvalue weighted by atomic mass is 16.5. The monoisotopic (exact) mass is 398 g/mol. The summed E-state index contributed by atoms with van der Waals surface area (Å²) in [6.45, 7) is 12.5. The van der Waals surface area contributed by atoms with Crippen molar-refractivity contribution in [2.45, 2.75) is 41.5 Å². The van der Waals surface area contributed by atoms with E-state index in [4.69, 9.17) is 13.9 Å². The molecule has 3 aromatic rings. The van der Waals surface area contributed by atoms with Gasteiger partial charge in [0, 0.05) is 0 Å². The molecule has 0 aliphatic heterocycles. The molecule has 1 heterocycles. The van der Waals surface area contributed by atoms with E-state index in [9.17, 15) is 4.79 Å². The van der Waals surface area contributed by atoms with Crippen LogP contribution in [-0.2, 0) is 0 Å². The van der Waals surface area contributed by atoms with Crippen molar-refractivity contribution in [2.75, 3.05) is 13.7 Å². The normalized spacial score (nSPS) is 8.79. The van der Waals surface area contributed by atoms with Gasteiger partial charge in [0.15, 0.2) is 12.0 Å². The van der Waals surface area contributed by atoms with Gasteiger partial charge >= 0.3 is 0 Å². The molecule has 0 atom stereocenters. The van der Waals surface area contributed by atoms with Crippen molar-refractivity contribution < 1.29 is 18.7 Å². The maximum Gasteiger partial charge on any atom is 0.185 e. The predicted octanol–water partition coefficient (Wildman–Crippen LogP) is 6.82. The summed E-state index contributed by atoms with van der Waals surface area (Å²) >= 11 is 0. The molecule has 4 heteroatoms. The number of hydrogen-bond acceptors (Lipinski definition) is 4. The molecular formula is C25H34O4. The summed E-state index contributed by atoms with van der Waals surface area (Å²) in [5.41, 5.74) is 2.29. The quantitative estimate of drug-likeness (QED) is 0.452. The summed E-state index contributed by atoms with van der Waals surface area (Å²) in [4.78, 5) is 10.1. The lowest BCUT2D eigenvalue weighted by molar-refractivity contribution is 0.109. The maximum absolute atomic E-state index is 10.1. The number of aryl methyl sites for hydroxylation is 3. The van der Waals surface area contributed by atoms with E-state index in [1.54, 1.807) is 13.2 Å². The van der Waals surface area contributed by atoms with Crippen molar-refractivity contribution in [3.63, 3.8) is 0 Å². The Bertz CT molecular complexity index is 755. The Balaban J connectivity index is 0.000000390. The largest absolute Gasteiger partial charge is 0.497 e. The van der Waals surface area contributed by atoms with Gasteiger partial charge in [-0.1, -0.05) is 49.7 Å². The maximum atomic E-state index is 10.1. The standard InChI is InChI=1S/C9H12O.C7H8O2.C7H8O.C2H6/c1-3-10-9-6-4-8(2)5-7-9;1-5-3-7(4-8)9-6(5)2;1-8-7-5-3-2-4-6-7;1-2/h4-7H,3H2,1-2H3;3-4H,1-2H3;2-6H,1H3;1-2H3. The van der Waals surface area contributed by atoms with Crippen LogP contribution in [-0.4, -0.2) is 20.0 Å². The zero-order valence-corrected chi connectivity index (χ0v) is 18.7. The van der Waals surface area contributed by atoms with Crippen molar-refractivity contribution in [3.05, 3.63) is 83.3 Å². The van der Waals surface area contributed by atoms with Crippen LogP contribution in [0.1, 0.15) is 48.2 Å². The van der Waals surface area contributed by atoms with E-state index in [-0.39, 0.29) is 0 Å². The van der Waals surface area contributed by atoms with Gasteiger partial charge in [0.1, 0.15) is 17.3 Å². The highest BCUT2D eigenvalue weighted by Gasteiger charge is 1.99. The summed E-state index contributed by atoms with van der Waals surface area (Å²) in [6, 6.07) is 19.5. The van der Waals surface area contributed by atoms with Crippen molar-refractivity contribution in [3.8, 4) is 11.5 Å². The molecule has 0 amide bonds. The number of carbonyl (C=O) groups excluding carboxylic acids is 1. The summed E-state index contributed by atoms with van der Waals surface area (Å²) < 4.78 is 15.2. The van der Waals surface area contributed by atoms with Crippen LogP contribution in [0.15, 0.2) is 65.1 Å². The molecule has 1 aromatic heterocycles. The Labute approximate surface area is 175 Å². The number of aldehydes is 1. The van der Waals surface area contributed by atoms with E-state index in [1.807, 2.05) is 89.2 Å². The second-order valence-electron chi connectivity index (χ2n) is 5.77. The molecule has 0 saturated heterocycles. The predicted molar refractivity (Wildman–Crippen MR) is 120 cm³/mol. The van der Waals surface area contributed by atoms with Crippen LogP contribution in [0.3, 0.4) is 0 Å².